The number of carboxylic acid groups (broad SMARTS) is 1. The number of nitrogens with zero attached hydrogens (tertiary/aromatic N) is 2. The van der Waals surface area contributed by atoms with Crippen LogP contribution in [0.25, 0.3) is 0 Å². The molecule has 1 amide bonds. The summed E-state index contributed by atoms with van der Waals surface area (Å²) in [6.07, 6.45) is 2.90. The van der Waals surface area contributed by atoms with Gasteiger partial charge in [0.15, 0.2) is 0 Å². The van der Waals surface area contributed by atoms with E-state index in [9.17, 15) is 14.7 Å². The van der Waals surface area contributed by atoms with Gasteiger partial charge < -0.3 is 20.5 Å². The van der Waals surface area contributed by atoms with Crippen LogP contribution in [-0.2, 0) is 4.79 Å². The second-order valence-electron chi connectivity index (χ2n) is 6.51. The second kappa shape index (κ2) is 7.92. The number of nitrogens with one attached hydrogen (secondary N) is 2. The number of aliphatic carboxylic acids is 1. The Labute approximate surface area is 176 Å². The van der Waals surface area contributed by atoms with Crippen LogP contribution in [0.3, 0.4) is 0 Å². The zero-order valence-corrected chi connectivity index (χ0v) is 16.6. The number of anilines is 2. The molecular formula is C21H17ClN4O4. The minimum Gasteiger partial charge on any atom is -0.497 e. The highest BCUT2D eigenvalue weighted by molar-refractivity contribution is 6.31. The third kappa shape index (κ3) is 3.60. The van der Waals surface area contributed by atoms with Gasteiger partial charge in [-0.3, -0.25) is 4.79 Å². The van der Waals surface area contributed by atoms with Gasteiger partial charge in [-0.15, -0.1) is 0 Å². The van der Waals surface area contributed by atoms with Gasteiger partial charge in [0, 0.05) is 16.8 Å². The summed E-state index contributed by atoms with van der Waals surface area (Å²) in [7, 11) is 1.54. The van der Waals surface area contributed by atoms with Gasteiger partial charge in [-0.05, 0) is 29.8 Å². The lowest BCUT2D eigenvalue weighted by Crippen LogP contribution is -2.25. The van der Waals surface area contributed by atoms with E-state index in [0.29, 0.717) is 22.0 Å². The lowest BCUT2D eigenvalue weighted by atomic mass is 10.0. The van der Waals surface area contributed by atoms with Crippen LogP contribution in [0.1, 0.15) is 22.0 Å². The summed E-state index contributed by atoms with van der Waals surface area (Å²) >= 11 is 6.33. The summed E-state index contributed by atoms with van der Waals surface area (Å²) < 4.78 is 6.70. The van der Waals surface area contributed by atoms with Crippen molar-refractivity contribution in [2.24, 2.45) is 0 Å². The highest BCUT2D eigenvalue weighted by Gasteiger charge is 2.30. The number of fused-ring (bicyclic) bond motifs is 1. The Bertz CT molecular complexity index is 1170. The maximum absolute atomic E-state index is 12.9. The first kappa shape index (κ1) is 19.5. The van der Waals surface area contributed by atoms with Gasteiger partial charge in [-0.2, -0.15) is 5.10 Å². The Hall–Kier alpha value is -3.78. The van der Waals surface area contributed by atoms with Gasteiger partial charge in [-0.1, -0.05) is 35.9 Å². The summed E-state index contributed by atoms with van der Waals surface area (Å²) in [5.41, 5.74) is 1.33. The van der Waals surface area contributed by atoms with Crippen LogP contribution < -0.4 is 15.4 Å². The average Bonchev–Trinajstić information content (AvgIpc) is 3.18. The molecule has 0 radical (unpaired) electrons. The number of amides is 1. The first-order valence-corrected chi connectivity index (χ1v) is 9.35. The van der Waals surface area contributed by atoms with E-state index in [2.05, 4.69) is 15.7 Å². The zero-order valence-electron chi connectivity index (χ0n) is 15.8. The number of carboxylic acids is 1. The maximum Gasteiger partial charge on any atom is 0.352 e. The standard InChI is InChI=1S/C21H17ClN4O4/c1-30-13-6-4-5-12(9-13)24-20(27)15-11-23-26-18(14-7-2-3-8-16(14)22)10-17(21(28)29)25-19(15)26/h2-11,18,25H,1H3,(H,24,27)(H,28,29)/t18-/m1/s1. The third-order valence-corrected chi connectivity index (χ3v) is 5.01. The fraction of sp³-hybridized carbons (Fsp3) is 0.0952. The van der Waals surface area contributed by atoms with Crippen molar-refractivity contribution in [3.8, 4) is 5.75 Å². The van der Waals surface area contributed by atoms with E-state index in [-0.39, 0.29) is 17.1 Å². The molecule has 152 valence electrons. The molecule has 3 aromatic rings. The SMILES string of the molecule is COc1cccc(NC(=O)c2cnn3c2NC(C(=O)O)=C[C@@H]3c2ccccc2Cl)c1. The van der Waals surface area contributed by atoms with Crippen molar-refractivity contribution in [1.29, 1.82) is 0 Å². The smallest absolute Gasteiger partial charge is 0.352 e. The average molecular weight is 425 g/mol. The van der Waals surface area contributed by atoms with Gasteiger partial charge in [0.2, 0.25) is 0 Å². The lowest BCUT2D eigenvalue weighted by molar-refractivity contribution is -0.132. The lowest BCUT2D eigenvalue weighted by Gasteiger charge is -2.25. The van der Waals surface area contributed by atoms with Gasteiger partial charge in [0.1, 0.15) is 28.9 Å². The van der Waals surface area contributed by atoms with E-state index < -0.39 is 17.9 Å². The molecule has 1 aliphatic rings. The van der Waals surface area contributed by atoms with Crippen molar-refractivity contribution in [1.82, 2.24) is 9.78 Å². The number of rotatable bonds is 5. The topological polar surface area (TPSA) is 105 Å². The minimum absolute atomic E-state index is 0.0663. The Morgan fingerprint density at radius 1 is 1.23 bits per heavy atom. The van der Waals surface area contributed by atoms with Gasteiger partial charge >= 0.3 is 5.97 Å². The Balaban J connectivity index is 1.72. The molecule has 2 heterocycles. The molecule has 1 aliphatic heterocycles. The third-order valence-electron chi connectivity index (χ3n) is 4.66. The fourth-order valence-electron chi connectivity index (χ4n) is 3.22. The molecule has 8 nitrogen and oxygen atoms in total. The number of benzene rings is 2. The van der Waals surface area contributed by atoms with Gasteiger partial charge in [0.25, 0.3) is 5.91 Å². The Kier molecular flexibility index (Phi) is 5.16. The quantitative estimate of drug-likeness (QED) is 0.575. The first-order valence-electron chi connectivity index (χ1n) is 8.97. The maximum atomic E-state index is 12.9. The van der Waals surface area contributed by atoms with Crippen molar-refractivity contribution >= 4 is 35.0 Å². The minimum atomic E-state index is -1.15. The van der Waals surface area contributed by atoms with Crippen molar-refractivity contribution in [3.05, 3.63) is 82.7 Å². The molecule has 2 aromatic carbocycles. The zero-order chi connectivity index (χ0) is 21.3. The summed E-state index contributed by atoms with van der Waals surface area (Å²) in [6.45, 7) is 0. The monoisotopic (exact) mass is 424 g/mol. The number of hydrogen-bond donors (Lipinski definition) is 3. The molecule has 0 aliphatic carbocycles. The van der Waals surface area contributed by atoms with Crippen LogP contribution in [0.4, 0.5) is 11.5 Å². The summed E-state index contributed by atoms with van der Waals surface area (Å²) in [6, 6.07) is 13.4. The van der Waals surface area contributed by atoms with Crippen LogP contribution in [0, 0.1) is 0 Å². The molecule has 0 fully saturated rings. The molecule has 0 bridgehead atoms. The van der Waals surface area contributed by atoms with E-state index in [1.165, 1.54) is 24.1 Å². The molecule has 0 saturated carbocycles. The second-order valence-corrected chi connectivity index (χ2v) is 6.92. The van der Waals surface area contributed by atoms with Crippen LogP contribution in [0.2, 0.25) is 5.02 Å². The highest BCUT2D eigenvalue weighted by Crippen LogP contribution is 2.35. The molecule has 9 heteroatoms. The van der Waals surface area contributed by atoms with Crippen molar-refractivity contribution in [2.75, 3.05) is 17.7 Å². The van der Waals surface area contributed by atoms with Gasteiger partial charge in [-0.25, -0.2) is 9.48 Å². The van der Waals surface area contributed by atoms with Crippen LogP contribution >= 0.6 is 11.6 Å². The summed E-state index contributed by atoms with van der Waals surface area (Å²) in [4.78, 5) is 24.6. The number of halogens is 1. The molecule has 0 spiro atoms. The highest BCUT2D eigenvalue weighted by atomic mass is 35.5. The predicted molar refractivity (Wildman–Crippen MR) is 112 cm³/mol. The summed E-state index contributed by atoms with van der Waals surface area (Å²) in [5.74, 6) is -0.738. The number of ether oxygens (including phenoxy) is 1. The van der Waals surface area contributed by atoms with E-state index in [4.69, 9.17) is 16.3 Å². The largest absolute Gasteiger partial charge is 0.497 e. The van der Waals surface area contributed by atoms with Crippen LogP contribution in [0.15, 0.2) is 66.5 Å². The Morgan fingerprint density at radius 3 is 2.77 bits per heavy atom. The number of hydrogen-bond acceptors (Lipinski definition) is 5. The number of methoxy groups -OCH3 is 1. The number of aromatic nitrogens is 2. The molecule has 4 rings (SSSR count). The molecular weight excluding hydrogens is 408 g/mol. The Morgan fingerprint density at radius 2 is 2.03 bits per heavy atom. The molecule has 1 aromatic heterocycles. The molecule has 30 heavy (non-hydrogen) atoms. The molecule has 1 atom stereocenters. The normalized spacial score (nSPS) is 14.9. The fourth-order valence-corrected chi connectivity index (χ4v) is 3.47. The first-order chi connectivity index (χ1) is 14.5. The molecule has 3 N–H and O–H groups in total. The van der Waals surface area contributed by atoms with Crippen LogP contribution in [0.5, 0.6) is 5.75 Å². The van der Waals surface area contributed by atoms with Gasteiger partial charge in [0.05, 0.1) is 13.3 Å². The van der Waals surface area contributed by atoms with Crippen molar-refractivity contribution in [3.63, 3.8) is 0 Å². The summed E-state index contributed by atoms with van der Waals surface area (Å²) in [5, 5.41) is 19.9. The van der Waals surface area contributed by atoms with E-state index in [0.717, 1.165) is 0 Å². The van der Waals surface area contributed by atoms with Crippen molar-refractivity contribution < 1.29 is 19.4 Å². The predicted octanol–water partition coefficient (Wildman–Crippen LogP) is 3.78. The molecule has 0 unspecified atom stereocenters. The number of carbonyl (C=O) groups excluding carboxylic acids is 1. The van der Waals surface area contributed by atoms with E-state index in [1.807, 2.05) is 0 Å². The van der Waals surface area contributed by atoms with E-state index in [1.54, 1.807) is 48.5 Å². The molecule has 0 saturated heterocycles. The van der Waals surface area contributed by atoms with Crippen LogP contribution in [-0.4, -0.2) is 33.9 Å². The van der Waals surface area contributed by atoms with Crippen molar-refractivity contribution in [2.45, 2.75) is 6.04 Å². The number of carbonyl (C=O) groups is 2. The van der Waals surface area contributed by atoms with E-state index >= 15 is 0 Å². The number of allylic oxidation sites excluding steroid dienone is 1.